The molecule has 0 saturated carbocycles. The fourth-order valence-electron chi connectivity index (χ4n) is 2.34. The molecule has 0 aliphatic heterocycles. The van der Waals surface area contributed by atoms with Gasteiger partial charge < -0.3 is 20.7 Å². The van der Waals surface area contributed by atoms with Crippen LogP contribution in [0.4, 0.5) is 21.8 Å². The summed E-state index contributed by atoms with van der Waals surface area (Å²) in [5, 5.41) is 16.9. The van der Waals surface area contributed by atoms with Gasteiger partial charge in [0.05, 0.1) is 7.11 Å². The first-order chi connectivity index (χ1) is 13.7. The van der Waals surface area contributed by atoms with Crippen LogP contribution in [0.15, 0.2) is 54.7 Å². The average molecular weight is 382 g/mol. The van der Waals surface area contributed by atoms with Crippen molar-refractivity contribution in [1.29, 1.82) is 0 Å². The second-order valence-corrected chi connectivity index (χ2v) is 5.68. The van der Waals surface area contributed by atoms with Crippen molar-refractivity contribution in [2.24, 2.45) is 0 Å². The lowest BCUT2D eigenvalue weighted by Gasteiger charge is -2.09. The number of amides is 1. The van der Waals surface area contributed by atoms with Crippen LogP contribution in [0.2, 0.25) is 0 Å². The maximum absolute atomic E-state index is 13.6. The number of hydrogen-bond donors (Lipinski definition) is 3. The summed E-state index contributed by atoms with van der Waals surface area (Å²) in [6, 6.07) is 13.1. The Morgan fingerprint density at radius 2 is 1.86 bits per heavy atom. The molecule has 0 aliphatic rings. The lowest BCUT2D eigenvalue weighted by molar-refractivity contribution is 0.0954. The minimum Gasteiger partial charge on any atom is -0.494 e. The molecule has 9 heteroatoms. The standard InChI is InChI=1S/C19H19FN6O2/c1-28-15-6-5-13(12-14(15)20)19(27)23-11-10-22-17-7-8-18(26-25-17)24-16-4-2-3-9-21-16/h2-9,12H,10-11H2,1H3,(H,22,25)(H,23,27)(H,21,24,26). The average Bonchev–Trinajstić information content (AvgIpc) is 2.73. The second kappa shape index (κ2) is 9.26. The highest BCUT2D eigenvalue weighted by molar-refractivity contribution is 5.94. The Kier molecular flexibility index (Phi) is 6.29. The molecule has 3 rings (SSSR count). The van der Waals surface area contributed by atoms with Crippen LogP contribution in [-0.2, 0) is 0 Å². The number of carbonyl (C=O) groups is 1. The minimum atomic E-state index is -0.581. The number of carbonyl (C=O) groups excluding carboxylic acids is 1. The summed E-state index contributed by atoms with van der Waals surface area (Å²) in [6.45, 7) is 0.772. The molecule has 2 aromatic heterocycles. The SMILES string of the molecule is COc1ccc(C(=O)NCCNc2ccc(Nc3ccccn3)nn2)cc1F. The van der Waals surface area contributed by atoms with Gasteiger partial charge >= 0.3 is 0 Å². The monoisotopic (exact) mass is 382 g/mol. The molecule has 0 spiro atoms. The molecule has 3 N–H and O–H groups in total. The smallest absolute Gasteiger partial charge is 0.251 e. The Labute approximate surface area is 161 Å². The summed E-state index contributed by atoms with van der Waals surface area (Å²) in [7, 11) is 1.37. The van der Waals surface area contributed by atoms with Gasteiger partial charge in [-0.2, -0.15) is 0 Å². The number of halogens is 1. The van der Waals surface area contributed by atoms with E-state index in [9.17, 15) is 9.18 Å². The maximum Gasteiger partial charge on any atom is 0.251 e. The third-order valence-corrected chi connectivity index (χ3v) is 3.72. The van der Waals surface area contributed by atoms with Gasteiger partial charge in [0.25, 0.3) is 5.91 Å². The summed E-state index contributed by atoms with van der Waals surface area (Å²) >= 11 is 0. The van der Waals surface area contributed by atoms with E-state index < -0.39 is 5.82 Å². The molecule has 2 heterocycles. The second-order valence-electron chi connectivity index (χ2n) is 5.68. The Balaban J connectivity index is 1.43. The maximum atomic E-state index is 13.6. The van der Waals surface area contributed by atoms with Gasteiger partial charge in [0.15, 0.2) is 17.4 Å². The van der Waals surface area contributed by atoms with Gasteiger partial charge in [-0.05, 0) is 42.5 Å². The van der Waals surface area contributed by atoms with Crippen LogP contribution in [0.25, 0.3) is 0 Å². The number of aromatic nitrogens is 3. The minimum absolute atomic E-state index is 0.0952. The molecule has 0 unspecified atom stereocenters. The first kappa shape index (κ1) is 19.0. The lowest BCUT2D eigenvalue weighted by Crippen LogP contribution is -2.29. The molecule has 28 heavy (non-hydrogen) atoms. The molecule has 0 radical (unpaired) electrons. The van der Waals surface area contributed by atoms with Crippen LogP contribution < -0.4 is 20.7 Å². The van der Waals surface area contributed by atoms with Crippen LogP contribution >= 0.6 is 0 Å². The van der Waals surface area contributed by atoms with E-state index in [0.717, 1.165) is 6.07 Å². The number of methoxy groups -OCH3 is 1. The van der Waals surface area contributed by atoms with Crippen molar-refractivity contribution in [2.75, 3.05) is 30.8 Å². The number of benzene rings is 1. The van der Waals surface area contributed by atoms with Gasteiger partial charge in [0, 0.05) is 24.8 Å². The summed E-state index contributed by atoms with van der Waals surface area (Å²) in [4.78, 5) is 16.2. The van der Waals surface area contributed by atoms with Gasteiger partial charge in [-0.3, -0.25) is 4.79 Å². The summed E-state index contributed by atoms with van der Waals surface area (Å²) in [5.74, 6) is 0.954. The van der Waals surface area contributed by atoms with Gasteiger partial charge in [0.2, 0.25) is 0 Å². The van der Waals surface area contributed by atoms with Crippen molar-refractivity contribution in [2.45, 2.75) is 0 Å². The van der Waals surface area contributed by atoms with Gasteiger partial charge in [-0.15, -0.1) is 10.2 Å². The van der Waals surface area contributed by atoms with Crippen LogP contribution in [0.1, 0.15) is 10.4 Å². The molecule has 0 atom stereocenters. The zero-order valence-corrected chi connectivity index (χ0v) is 15.1. The fourth-order valence-corrected chi connectivity index (χ4v) is 2.34. The van der Waals surface area contributed by atoms with Crippen LogP contribution in [0, 0.1) is 5.82 Å². The Morgan fingerprint density at radius 3 is 2.54 bits per heavy atom. The molecule has 1 amide bonds. The zero-order valence-electron chi connectivity index (χ0n) is 15.1. The number of anilines is 3. The van der Waals surface area contributed by atoms with E-state index in [1.54, 1.807) is 18.3 Å². The third-order valence-electron chi connectivity index (χ3n) is 3.72. The van der Waals surface area contributed by atoms with Gasteiger partial charge in [-0.1, -0.05) is 6.07 Å². The third kappa shape index (κ3) is 5.13. The number of hydrogen-bond acceptors (Lipinski definition) is 7. The largest absolute Gasteiger partial charge is 0.494 e. The molecule has 1 aromatic carbocycles. The van der Waals surface area contributed by atoms with Crippen molar-refractivity contribution in [3.05, 3.63) is 66.1 Å². The van der Waals surface area contributed by atoms with Crippen molar-refractivity contribution in [3.63, 3.8) is 0 Å². The van der Waals surface area contributed by atoms with Crippen molar-refractivity contribution in [1.82, 2.24) is 20.5 Å². The van der Waals surface area contributed by atoms with Crippen LogP contribution in [-0.4, -0.2) is 41.3 Å². The summed E-state index contributed by atoms with van der Waals surface area (Å²) in [5.41, 5.74) is 0.225. The number of ether oxygens (including phenoxy) is 1. The topological polar surface area (TPSA) is 101 Å². The Hall–Kier alpha value is -3.75. The first-order valence-corrected chi connectivity index (χ1v) is 8.53. The highest BCUT2D eigenvalue weighted by Crippen LogP contribution is 2.17. The molecular weight excluding hydrogens is 363 g/mol. The Morgan fingerprint density at radius 1 is 1.04 bits per heavy atom. The quantitative estimate of drug-likeness (QED) is 0.515. The Bertz CT molecular complexity index is 921. The van der Waals surface area contributed by atoms with E-state index >= 15 is 0 Å². The highest BCUT2D eigenvalue weighted by Gasteiger charge is 2.09. The summed E-state index contributed by atoms with van der Waals surface area (Å²) in [6.07, 6.45) is 1.68. The molecule has 0 saturated heterocycles. The number of nitrogens with one attached hydrogen (secondary N) is 3. The van der Waals surface area contributed by atoms with Crippen LogP contribution in [0.5, 0.6) is 5.75 Å². The molecule has 8 nitrogen and oxygen atoms in total. The van der Waals surface area contributed by atoms with E-state index in [1.807, 2.05) is 18.2 Å². The van der Waals surface area contributed by atoms with Crippen molar-refractivity contribution in [3.8, 4) is 5.75 Å². The molecule has 0 aliphatic carbocycles. The van der Waals surface area contributed by atoms with E-state index in [2.05, 4.69) is 31.1 Å². The van der Waals surface area contributed by atoms with Gasteiger partial charge in [0.1, 0.15) is 11.6 Å². The number of nitrogens with zero attached hydrogens (tertiary/aromatic N) is 3. The molecule has 144 valence electrons. The lowest BCUT2D eigenvalue weighted by atomic mass is 10.2. The molecule has 0 bridgehead atoms. The van der Waals surface area contributed by atoms with Crippen molar-refractivity contribution >= 4 is 23.4 Å². The number of rotatable bonds is 8. The first-order valence-electron chi connectivity index (χ1n) is 8.53. The highest BCUT2D eigenvalue weighted by atomic mass is 19.1. The van der Waals surface area contributed by atoms with E-state index in [-0.39, 0.29) is 17.2 Å². The molecule has 0 fully saturated rings. The van der Waals surface area contributed by atoms with Crippen molar-refractivity contribution < 1.29 is 13.9 Å². The van der Waals surface area contributed by atoms with Gasteiger partial charge in [-0.25, -0.2) is 9.37 Å². The van der Waals surface area contributed by atoms with E-state index in [1.165, 1.54) is 19.2 Å². The van der Waals surface area contributed by atoms with E-state index in [0.29, 0.717) is 30.5 Å². The normalized spacial score (nSPS) is 10.2. The number of pyridine rings is 1. The zero-order chi connectivity index (χ0) is 19.8. The molecular formula is C19H19FN6O2. The summed E-state index contributed by atoms with van der Waals surface area (Å²) < 4.78 is 18.5. The predicted molar refractivity (Wildman–Crippen MR) is 103 cm³/mol. The van der Waals surface area contributed by atoms with Crippen LogP contribution in [0.3, 0.4) is 0 Å². The van der Waals surface area contributed by atoms with E-state index in [4.69, 9.17) is 4.74 Å². The predicted octanol–water partition coefficient (Wildman–Crippen LogP) is 2.60. The molecule has 3 aromatic rings. The fraction of sp³-hybridized carbons (Fsp3) is 0.158.